The summed E-state index contributed by atoms with van der Waals surface area (Å²) in [4.78, 5) is 12.5. The summed E-state index contributed by atoms with van der Waals surface area (Å²) in [7, 11) is 1.36. The maximum absolute atomic E-state index is 11.5. The van der Waals surface area contributed by atoms with Crippen molar-refractivity contribution in [2.75, 3.05) is 25.6 Å². The van der Waals surface area contributed by atoms with Crippen LogP contribution in [0, 0.1) is 0 Å². The Morgan fingerprint density at radius 1 is 1.33 bits per heavy atom. The molecule has 1 aromatic carbocycles. The summed E-state index contributed by atoms with van der Waals surface area (Å²) in [6.07, 6.45) is 0.395. The molecule has 1 unspecified atom stereocenters. The van der Waals surface area contributed by atoms with Crippen molar-refractivity contribution in [2.24, 2.45) is 0 Å². The zero-order valence-corrected chi connectivity index (χ0v) is 14.1. The average Bonchev–Trinajstić information content (AvgIpc) is 2.50. The van der Waals surface area contributed by atoms with Crippen molar-refractivity contribution in [3.63, 3.8) is 0 Å². The van der Waals surface area contributed by atoms with Crippen LogP contribution in [0.4, 0.5) is 5.69 Å². The molecule has 1 atom stereocenters. The number of carbonyl (C=O) groups excluding carboxylic acids is 1. The van der Waals surface area contributed by atoms with Crippen molar-refractivity contribution in [3.05, 3.63) is 24.3 Å². The molecule has 117 valence electrons. The molecule has 0 fully saturated rings. The number of rotatable bonds is 7. The van der Waals surface area contributed by atoms with Gasteiger partial charge in [0.1, 0.15) is 5.25 Å². The summed E-state index contributed by atoms with van der Waals surface area (Å²) < 4.78 is 4.72. The summed E-state index contributed by atoms with van der Waals surface area (Å²) in [5.41, 5.74) is 1.05. The Hall–Kier alpha value is -1.14. The third-order valence-corrected chi connectivity index (χ3v) is 3.63. The highest BCUT2D eigenvalue weighted by atomic mass is 32.2. The van der Waals surface area contributed by atoms with Gasteiger partial charge in [-0.25, -0.2) is 0 Å². The van der Waals surface area contributed by atoms with Crippen molar-refractivity contribution in [1.29, 1.82) is 0 Å². The van der Waals surface area contributed by atoms with Crippen LogP contribution < -0.4 is 5.32 Å². The van der Waals surface area contributed by atoms with E-state index in [4.69, 9.17) is 9.84 Å². The molecule has 1 aromatic rings. The third kappa shape index (κ3) is 8.68. The second kappa shape index (κ2) is 13.8. The molecule has 0 bridgehead atoms. The molecule has 1 rings (SSSR count). The lowest BCUT2D eigenvalue weighted by atomic mass is 10.3. The van der Waals surface area contributed by atoms with Crippen molar-refractivity contribution in [3.8, 4) is 0 Å². The van der Waals surface area contributed by atoms with Crippen molar-refractivity contribution in [2.45, 2.75) is 37.3 Å². The molecule has 2 N–H and O–H groups in total. The first-order valence-electron chi connectivity index (χ1n) is 6.90. The van der Waals surface area contributed by atoms with Crippen LogP contribution in [0.2, 0.25) is 0 Å². The highest BCUT2D eigenvalue weighted by Crippen LogP contribution is 2.27. The van der Waals surface area contributed by atoms with Crippen molar-refractivity contribution in [1.82, 2.24) is 0 Å². The smallest absolute Gasteiger partial charge is 0.319 e. The molecule has 0 aliphatic heterocycles. The number of ether oxygens (including phenoxy) is 1. The van der Waals surface area contributed by atoms with Gasteiger partial charge in [0.25, 0.3) is 0 Å². The number of thioether (sulfide) groups is 1. The number of anilines is 1. The van der Waals surface area contributed by atoms with Crippen molar-refractivity contribution >= 4 is 31.8 Å². The first-order valence-corrected chi connectivity index (χ1v) is 7.78. The Morgan fingerprint density at radius 2 is 1.90 bits per heavy atom. The number of aliphatic hydroxyl groups excluding tert-OH is 1. The van der Waals surface area contributed by atoms with Gasteiger partial charge in [-0.2, -0.15) is 0 Å². The van der Waals surface area contributed by atoms with Crippen molar-refractivity contribution < 1.29 is 14.6 Å². The van der Waals surface area contributed by atoms with E-state index in [9.17, 15) is 4.79 Å². The largest absolute Gasteiger partial charge is 0.468 e. The second-order valence-electron chi connectivity index (χ2n) is 3.70. The zero-order chi connectivity index (χ0) is 15.4. The van der Waals surface area contributed by atoms with Crippen LogP contribution in [0.3, 0.4) is 0 Å². The van der Waals surface area contributed by atoms with Gasteiger partial charge in [-0.05, 0) is 37.6 Å². The number of methoxy groups -OCH3 is 1. The number of aliphatic hydroxyl groups is 1. The van der Waals surface area contributed by atoms with Gasteiger partial charge in [0.05, 0.1) is 7.11 Å². The quantitative estimate of drug-likeness (QED) is 0.461. The first-order chi connectivity index (χ1) is 9.71. The lowest BCUT2D eigenvalue weighted by molar-refractivity contribution is -0.140. The fourth-order valence-corrected chi connectivity index (χ4v) is 2.53. The van der Waals surface area contributed by atoms with Gasteiger partial charge in [-0.3, -0.25) is 4.79 Å². The molecule has 21 heavy (non-hydrogen) atoms. The number of hydrogen-bond donors (Lipinski definition) is 2. The number of esters is 1. The van der Waals surface area contributed by atoms with Gasteiger partial charge < -0.3 is 15.2 Å². The van der Waals surface area contributed by atoms with Crippen LogP contribution in [0.1, 0.15) is 27.2 Å². The second-order valence-corrected chi connectivity index (χ2v) is 4.97. The fraction of sp³-hybridized carbons (Fsp3) is 0.533. The molecule has 0 aliphatic rings. The molecule has 0 aromatic heterocycles. The van der Waals surface area contributed by atoms with Crippen LogP contribution in [-0.4, -0.2) is 45.0 Å². The minimum absolute atomic E-state index is 0. The predicted octanol–water partition coefficient (Wildman–Crippen LogP) is 2.78. The molecule has 6 heteroatoms. The van der Waals surface area contributed by atoms with Gasteiger partial charge >= 0.3 is 5.97 Å². The van der Waals surface area contributed by atoms with Crippen LogP contribution in [0.15, 0.2) is 29.2 Å². The number of benzene rings is 1. The summed E-state index contributed by atoms with van der Waals surface area (Å²) in [5, 5.41) is 11.8. The van der Waals surface area contributed by atoms with Crippen LogP contribution in [0.5, 0.6) is 0 Å². The Bertz CT molecular complexity index is 374. The average molecular weight is 310 g/mol. The molecule has 0 saturated carbocycles. The fourth-order valence-electron chi connectivity index (χ4n) is 1.49. The molecule has 4 nitrogen and oxygen atoms in total. The summed E-state index contributed by atoms with van der Waals surface area (Å²) in [5.74, 6) is -0.301. The highest BCUT2D eigenvalue weighted by Gasteiger charge is 2.19. The lowest BCUT2D eigenvalue weighted by Crippen LogP contribution is -2.20. The standard InChI is InChI=1S/C13H19NO3S.C2H6.B/c1-3-14-10-4-6-11(7-5-10)18-12(8-9-15)13(16)17-2;1-2;/h4-7,12,14-15H,3,8-9H2,1-2H3;1-2H3;. The normalized spacial score (nSPS) is 10.5. The Kier molecular flexibility index (Phi) is 14.6. The van der Waals surface area contributed by atoms with E-state index in [0.29, 0.717) is 6.42 Å². The number of hydrogen-bond acceptors (Lipinski definition) is 5. The lowest BCUT2D eigenvalue weighted by Gasteiger charge is -2.13. The van der Waals surface area contributed by atoms with Gasteiger partial charge in [0.2, 0.25) is 0 Å². The van der Waals surface area contributed by atoms with Gasteiger partial charge in [-0.15, -0.1) is 11.8 Å². The molecule has 0 heterocycles. The van der Waals surface area contributed by atoms with E-state index < -0.39 is 0 Å². The predicted molar refractivity (Wildman–Crippen MR) is 91.1 cm³/mol. The first kappa shape index (κ1) is 22.2. The monoisotopic (exact) mass is 310 g/mol. The Labute approximate surface area is 134 Å². The third-order valence-electron chi connectivity index (χ3n) is 2.37. The van der Waals surface area contributed by atoms with E-state index in [1.807, 2.05) is 45.0 Å². The summed E-state index contributed by atoms with van der Waals surface area (Å²) in [6.45, 7) is 6.89. The highest BCUT2D eigenvalue weighted by molar-refractivity contribution is 8.00. The topological polar surface area (TPSA) is 58.6 Å². The summed E-state index contributed by atoms with van der Waals surface area (Å²) >= 11 is 1.41. The van der Waals surface area contributed by atoms with E-state index >= 15 is 0 Å². The molecular formula is C15H25BNO3S. The molecule has 0 amide bonds. The van der Waals surface area contributed by atoms with Crippen LogP contribution >= 0.6 is 11.8 Å². The molecular weight excluding hydrogens is 285 g/mol. The van der Waals surface area contributed by atoms with E-state index in [1.165, 1.54) is 18.9 Å². The molecule has 0 spiro atoms. The van der Waals surface area contributed by atoms with E-state index in [0.717, 1.165) is 17.1 Å². The minimum atomic E-state index is -0.356. The Balaban J connectivity index is 0. The zero-order valence-electron chi connectivity index (χ0n) is 13.3. The maximum atomic E-state index is 11.5. The molecule has 0 saturated heterocycles. The maximum Gasteiger partial charge on any atom is 0.319 e. The minimum Gasteiger partial charge on any atom is -0.468 e. The summed E-state index contributed by atoms with van der Waals surface area (Å²) in [6, 6.07) is 7.85. The van der Waals surface area contributed by atoms with E-state index in [2.05, 4.69) is 5.32 Å². The van der Waals surface area contributed by atoms with Gasteiger partial charge in [0, 0.05) is 32.1 Å². The van der Waals surface area contributed by atoms with Crippen LogP contribution in [-0.2, 0) is 9.53 Å². The van der Waals surface area contributed by atoms with E-state index in [-0.39, 0.29) is 26.2 Å². The van der Waals surface area contributed by atoms with E-state index in [1.54, 1.807) is 0 Å². The molecule has 0 aliphatic carbocycles. The van der Waals surface area contributed by atoms with Gasteiger partial charge in [0.15, 0.2) is 0 Å². The molecule has 3 radical (unpaired) electrons. The Morgan fingerprint density at radius 3 is 2.33 bits per heavy atom. The number of carbonyl (C=O) groups is 1. The van der Waals surface area contributed by atoms with Crippen LogP contribution in [0.25, 0.3) is 0 Å². The SMILES string of the molecule is CC.CCNc1ccc(SC(CCO)C(=O)OC)cc1.[B]. The number of nitrogens with one attached hydrogen (secondary N) is 1. The van der Waals surface area contributed by atoms with Gasteiger partial charge in [-0.1, -0.05) is 13.8 Å².